The summed E-state index contributed by atoms with van der Waals surface area (Å²) in [6.07, 6.45) is 0.783. The van der Waals surface area contributed by atoms with Gasteiger partial charge >= 0.3 is 0 Å². The Hall–Kier alpha value is -3.31. The molecule has 0 saturated carbocycles. The second-order valence-electron chi connectivity index (χ2n) is 6.20. The zero-order valence-corrected chi connectivity index (χ0v) is 15.9. The fourth-order valence-corrected chi connectivity index (χ4v) is 2.80. The molecule has 0 aliphatic rings. The van der Waals surface area contributed by atoms with Crippen molar-refractivity contribution < 1.29 is 14.3 Å². The van der Waals surface area contributed by atoms with Gasteiger partial charge in [-0.15, -0.1) is 0 Å². The topological polar surface area (TPSA) is 59.6 Å². The SMILES string of the molecule is COc1ccccc1CCNCC(=O)Nc1ccccc1Oc1ccccc1. The molecule has 1 amide bonds. The van der Waals surface area contributed by atoms with E-state index in [4.69, 9.17) is 9.47 Å². The zero-order chi connectivity index (χ0) is 19.6. The molecule has 3 aromatic rings. The average Bonchev–Trinajstić information content (AvgIpc) is 2.74. The first-order chi connectivity index (χ1) is 13.8. The van der Waals surface area contributed by atoms with Gasteiger partial charge in [0.15, 0.2) is 5.75 Å². The molecule has 0 heterocycles. The van der Waals surface area contributed by atoms with Crippen LogP contribution < -0.4 is 20.1 Å². The summed E-state index contributed by atoms with van der Waals surface area (Å²) in [5.41, 5.74) is 1.75. The molecule has 3 rings (SSSR count). The molecule has 0 atom stereocenters. The summed E-state index contributed by atoms with van der Waals surface area (Å²) in [6.45, 7) is 0.894. The highest BCUT2D eigenvalue weighted by Gasteiger charge is 2.08. The lowest BCUT2D eigenvalue weighted by atomic mass is 10.1. The van der Waals surface area contributed by atoms with Gasteiger partial charge in [-0.1, -0.05) is 48.5 Å². The number of benzene rings is 3. The molecule has 0 aliphatic heterocycles. The lowest BCUT2D eigenvalue weighted by molar-refractivity contribution is -0.115. The van der Waals surface area contributed by atoms with Gasteiger partial charge in [-0.2, -0.15) is 0 Å². The molecule has 0 radical (unpaired) electrons. The Morgan fingerprint density at radius 3 is 2.32 bits per heavy atom. The van der Waals surface area contributed by atoms with Gasteiger partial charge in [-0.05, 0) is 48.9 Å². The number of carbonyl (C=O) groups is 1. The van der Waals surface area contributed by atoms with Crippen LogP contribution in [0.25, 0.3) is 0 Å². The molecule has 0 aromatic heterocycles. The molecule has 144 valence electrons. The molecule has 2 N–H and O–H groups in total. The minimum atomic E-state index is -0.121. The number of methoxy groups -OCH3 is 1. The number of ether oxygens (including phenoxy) is 2. The molecule has 3 aromatic carbocycles. The van der Waals surface area contributed by atoms with Crippen LogP contribution in [0.15, 0.2) is 78.9 Å². The third-order valence-corrected chi connectivity index (χ3v) is 4.18. The number of anilines is 1. The van der Waals surface area contributed by atoms with Crippen molar-refractivity contribution in [1.82, 2.24) is 5.32 Å². The van der Waals surface area contributed by atoms with Gasteiger partial charge in [0.25, 0.3) is 0 Å². The molecular formula is C23H24N2O3. The van der Waals surface area contributed by atoms with Crippen molar-refractivity contribution >= 4 is 11.6 Å². The van der Waals surface area contributed by atoms with Crippen LogP contribution in [-0.2, 0) is 11.2 Å². The first-order valence-corrected chi connectivity index (χ1v) is 9.20. The number of amides is 1. The average molecular weight is 376 g/mol. The van der Waals surface area contributed by atoms with Gasteiger partial charge < -0.3 is 20.1 Å². The number of rotatable bonds is 9. The monoisotopic (exact) mass is 376 g/mol. The van der Waals surface area contributed by atoms with Crippen molar-refractivity contribution in [3.63, 3.8) is 0 Å². The Labute approximate surface area is 165 Å². The van der Waals surface area contributed by atoms with Gasteiger partial charge in [0.05, 0.1) is 19.3 Å². The third-order valence-electron chi connectivity index (χ3n) is 4.18. The fourth-order valence-electron chi connectivity index (χ4n) is 2.80. The van der Waals surface area contributed by atoms with E-state index in [1.54, 1.807) is 7.11 Å². The van der Waals surface area contributed by atoms with Crippen molar-refractivity contribution in [3.05, 3.63) is 84.4 Å². The van der Waals surface area contributed by atoms with Crippen molar-refractivity contribution in [2.45, 2.75) is 6.42 Å². The van der Waals surface area contributed by atoms with Crippen LogP contribution in [0.1, 0.15) is 5.56 Å². The van der Waals surface area contributed by atoms with Crippen LogP contribution in [0, 0.1) is 0 Å². The Morgan fingerprint density at radius 2 is 1.54 bits per heavy atom. The molecule has 5 heteroatoms. The molecule has 0 aliphatic carbocycles. The zero-order valence-electron chi connectivity index (χ0n) is 15.9. The first kappa shape index (κ1) is 19.5. The smallest absolute Gasteiger partial charge is 0.238 e. The largest absolute Gasteiger partial charge is 0.496 e. The van der Waals surface area contributed by atoms with E-state index in [0.717, 1.165) is 23.5 Å². The predicted octanol–water partition coefficient (Wildman–Crippen LogP) is 4.26. The summed E-state index contributed by atoms with van der Waals surface area (Å²) >= 11 is 0. The van der Waals surface area contributed by atoms with Gasteiger partial charge in [0, 0.05) is 0 Å². The Morgan fingerprint density at radius 1 is 0.857 bits per heavy atom. The summed E-state index contributed by atoms with van der Waals surface area (Å²) in [7, 11) is 1.66. The first-order valence-electron chi connectivity index (χ1n) is 9.20. The number of para-hydroxylation sites is 4. The van der Waals surface area contributed by atoms with Crippen molar-refractivity contribution in [3.8, 4) is 17.2 Å². The van der Waals surface area contributed by atoms with Crippen LogP contribution in [0.5, 0.6) is 17.2 Å². The van der Waals surface area contributed by atoms with E-state index in [2.05, 4.69) is 10.6 Å². The maximum atomic E-state index is 12.3. The minimum Gasteiger partial charge on any atom is -0.496 e. The van der Waals surface area contributed by atoms with Gasteiger partial charge in [-0.25, -0.2) is 0 Å². The van der Waals surface area contributed by atoms with E-state index < -0.39 is 0 Å². The van der Waals surface area contributed by atoms with Crippen LogP contribution in [0.3, 0.4) is 0 Å². The Kier molecular flexibility index (Phi) is 7.04. The highest BCUT2D eigenvalue weighted by molar-refractivity contribution is 5.93. The molecule has 0 fully saturated rings. The van der Waals surface area contributed by atoms with Crippen molar-refractivity contribution in [2.24, 2.45) is 0 Å². The van der Waals surface area contributed by atoms with Crippen molar-refractivity contribution in [2.75, 3.05) is 25.5 Å². The summed E-state index contributed by atoms with van der Waals surface area (Å²) in [6, 6.07) is 24.8. The maximum absolute atomic E-state index is 12.3. The normalized spacial score (nSPS) is 10.3. The molecule has 28 heavy (non-hydrogen) atoms. The number of hydrogen-bond acceptors (Lipinski definition) is 4. The van der Waals surface area contributed by atoms with E-state index in [9.17, 15) is 4.79 Å². The highest BCUT2D eigenvalue weighted by Crippen LogP contribution is 2.28. The Bertz CT molecular complexity index is 897. The van der Waals surface area contributed by atoms with E-state index in [0.29, 0.717) is 18.0 Å². The molecule has 0 spiro atoms. The standard InChI is InChI=1S/C23H24N2O3/c1-27-21-13-7-5-9-18(21)15-16-24-17-23(26)25-20-12-6-8-14-22(20)28-19-10-3-2-4-11-19/h2-14,24H,15-17H2,1H3,(H,25,26). The molecule has 0 unspecified atom stereocenters. The molecule has 5 nitrogen and oxygen atoms in total. The van der Waals surface area contributed by atoms with E-state index >= 15 is 0 Å². The van der Waals surface area contributed by atoms with Crippen LogP contribution in [0.2, 0.25) is 0 Å². The summed E-state index contributed by atoms with van der Waals surface area (Å²) in [5, 5.41) is 6.07. The molecular weight excluding hydrogens is 352 g/mol. The summed E-state index contributed by atoms with van der Waals surface area (Å²) < 4.78 is 11.2. The van der Waals surface area contributed by atoms with Crippen LogP contribution in [0.4, 0.5) is 5.69 Å². The number of carbonyl (C=O) groups excluding carboxylic acids is 1. The van der Waals surface area contributed by atoms with Crippen LogP contribution >= 0.6 is 0 Å². The second kappa shape index (κ2) is 10.1. The minimum absolute atomic E-state index is 0.121. The Balaban J connectivity index is 1.50. The van der Waals surface area contributed by atoms with Gasteiger partial charge in [-0.3, -0.25) is 4.79 Å². The number of hydrogen-bond donors (Lipinski definition) is 2. The fraction of sp³-hybridized carbons (Fsp3) is 0.174. The summed E-state index contributed by atoms with van der Waals surface area (Å²) in [5.74, 6) is 2.07. The van der Waals surface area contributed by atoms with Gasteiger partial charge in [0.1, 0.15) is 11.5 Å². The lowest BCUT2D eigenvalue weighted by Crippen LogP contribution is -2.29. The third kappa shape index (κ3) is 5.59. The number of nitrogens with one attached hydrogen (secondary N) is 2. The highest BCUT2D eigenvalue weighted by atomic mass is 16.5. The lowest BCUT2D eigenvalue weighted by Gasteiger charge is -2.13. The van der Waals surface area contributed by atoms with Crippen molar-refractivity contribution in [1.29, 1.82) is 0 Å². The predicted molar refractivity (Wildman–Crippen MR) is 111 cm³/mol. The van der Waals surface area contributed by atoms with Crippen LogP contribution in [-0.4, -0.2) is 26.1 Å². The van der Waals surface area contributed by atoms with E-state index in [1.807, 2.05) is 78.9 Å². The van der Waals surface area contributed by atoms with E-state index in [1.165, 1.54) is 0 Å². The van der Waals surface area contributed by atoms with Gasteiger partial charge in [0.2, 0.25) is 5.91 Å². The second-order valence-corrected chi connectivity index (χ2v) is 6.20. The molecule has 0 saturated heterocycles. The molecule has 0 bridgehead atoms. The summed E-state index contributed by atoms with van der Waals surface area (Å²) in [4.78, 5) is 12.3. The quantitative estimate of drug-likeness (QED) is 0.548. The van der Waals surface area contributed by atoms with E-state index in [-0.39, 0.29) is 12.5 Å². The maximum Gasteiger partial charge on any atom is 0.238 e.